The van der Waals surface area contributed by atoms with Crippen molar-refractivity contribution in [3.8, 4) is 0 Å². The molecule has 110 valence electrons. The Bertz CT molecular complexity index is 309. The molecule has 1 aliphatic heterocycles. The van der Waals surface area contributed by atoms with Crippen LogP contribution in [0.15, 0.2) is 0 Å². The molecule has 0 spiro atoms. The summed E-state index contributed by atoms with van der Waals surface area (Å²) in [5.41, 5.74) is 0. The van der Waals surface area contributed by atoms with E-state index in [9.17, 15) is 9.59 Å². The van der Waals surface area contributed by atoms with Crippen molar-refractivity contribution >= 4 is 12.0 Å². The molecule has 6 nitrogen and oxygen atoms in total. The summed E-state index contributed by atoms with van der Waals surface area (Å²) >= 11 is 0. The van der Waals surface area contributed by atoms with E-state index in [4.69, 9.17) is 9.84 Å². The highest BCUT2D eigenvalue weighted by Crippen LogP contribution is 2.13. The van der Waals surface area contributed by atoms with Gasteiger partial charge in [-0.25, -0.2) is 4.79 Å². The zero-order chi connectivity index (χ0) is 14.3. The first-order valence-corrected chi connectivity index (χ1v) is 6.84. The highest BCUT2D eigenvalue weighted by molar-refractivity contribution is 5.74. The van der Waals surface area contributed by atoms with Gasteiger partial charge in [0, 0.05) is 33.2 Å². The largest absolute Gasteiger partial charge is 0.481 e. The van der Waals surface area contributed by atoms with Crippen LogP contribution in [0, 0.1) is 5.92 Å². The summed E-state index contributed by atoms with van der Waals surface area (Å²) in [5, 5.41) is 11.6. The first-order valence-electron chi connectivity index (χ1n) is 6.84. The van der Waals surface area contributed by atoms with Crippen molar-refractivity contribution in [1.29, 1.82) is 0 Å². The van der Waals surface area contributed by atoms with Gasteiger partial charge in [-0.2, -0.15) is 0 Å². The summed E-state index contributed by atoms with van der Waals surface area (Å²) in [7, 11) is 1.66. The molecule has 0 saturated carbocycles. The molecule has 1 fully saturated rings. The van der Waals surface area contributed by atoms with Crippen LogP contribution in [0.3, 0.4) is 0 Å². The number of aliphatic carboxylic acids is 1. The topological polar surface area (TPSA) is 78.9 Å². The number of nitrogens with zero attached hydrogens (tertiary/aromatic N) is 1. The van der Waals surface area contributed by atoms with Gasteiger partial charge in [0.05, 0.1) is 6.10 Å². The standard InChI is InChI=1S/C13H24N2O4/c1-3-10(7-12(16)17)8-14-13(18)15-6-4-5-11(9-15)19-2/h10-11H,3-9H2,1-2H3,(H,14,18)(H,16,17). The van der Waals surface area contributed by atoms with Crippen molar-refractivity contribution in [2.45, 2.75) is 38.7 Å². The van der Waals surface area contributed by atoms with E-state index >= 15 is 0 Å². The fraction of sp³-hybridized carbons (Fsp3) is 0.846. The van der Waals surface area contributed by atoms with Gasteiger partial charge in [-0.15, -0.1) is 0 Å². The van der Waals surface area contributed by atoms with Gasteiger partial charge in [-0.3, -0.25) is 4.79 Å². The Morgan fingerprint density at radius 1 is 1.53 bits per heavy atom. The number of hydrogen-bond donors (Lipinski definition) is 2. The van der Waals surface area contributed by atoms with E-state index in [2.05, 4.69) is 5.32 Å². The van der Waals surface area contributed by atoms with E-state index in [0.29, 0.717) is 13.1 Å². The molecule has 2 N–H and O–H groups in total. The maximum atomic E-state index is 12.0. The molecule has 2 amide bonds. The Balaban J connectivity index is 2.35. The second kappa shape index (κ2) is 7.99. The van der Waals surface area contributed by atoms with Gasteiger partial charge in [-0.1, -0.05) is 13.3 Å². The van der Waals surface area contributed by atoms with Crippen LogP contribution in [0.5, 0.6) is 0 Å². The first-order chi connectivity index (χ1) is 9.06. The lowest BCUT2D eigenvalue weighted by Gasteiger charge is -2.32. The van der Waals surface area contributed by atoms with Crippen LogP contribution in [0.25, 0.3) is 0 Å². The van der Waals surface area contributed by atoms with Gasteiger partial charge in [0.2, 0.25) is 0 Å². The number of carbonyl (C=O) groups excluding carboxylic acids is 1. The van der Waals surface area contributed by atoms with Crippen molar-refractivity contribution < 1.29 is 19.4 Å². The lowest BCUT2D eigenvalue weighted by atomic mass is 10.0. The summed E-state index contributed by atoms with van der Waals surface area (Å²) < 4.78 is 5.27. The van der Waals surface area contributed by atoms with Gasteiger partial charge in [-0.05, 0) is 18.8 Å². The number of hydrogen-bond acceptors (Lipinski definition) is 3. The molecule has 0 radical (unpaired) electrons. The molecule has 1 heterocycles. The molecule has 0 aromatic carbocycles. The Morgan fingerprint density at radius 3 is 2.84 bits per heavy atom. The van der Waals surface area contributed by atoms with Gasteiger partial charge in [0.15, 0.2) is 0 Å². The Kier molecular flexibility index (Phi) is 6.62. The molecular formula is C13H24N2O4. The fourth-order valence-electron chi connectivity index (χ4n) is 2.27. The predicted octanol–water partition coefficient (Wildman–Crippen LogP) is 1.31. The monoisotopic (exact) mass is 272 g/mol. The number of likely N-dealkylation sites (tertiary alicyclic amines) is 1. The second-order valence-electron chi connectivity index (χ2n) is 5.00. The SMILES string of the molecule is CCC(CNC(=O)N1CCCC(OC)C1)CC(=O)O. The Morgan fingerprint density at radius 2 is 2.26 bits per heavy atom. The van der Waals surface area contributed by atoms with Gasteiger partial charge < -0.3 is 20.1 Å². The van der Waals surface area contributed by atoms with Crippen LogP contribution in [-0.4, -0.2) is 54.9 Å². The van der Waals surface area contributed by atoms with Crippen molar-refractivity contribution in [2.75, 3.05) is 26.7 Å². The molecule has 0 aliphatic carbocycles. The second-order valence-corrected chi connectivity index (χ2v) is 5.00. The van der Waals surface area contributed by atoms with Gasteiger partial charge in [0.1, 0.15) is 0 Å². The summed E-state index contributed by atoms with van der Waals surface area (Å²) in [6, 6.07) is -0.120. The summed E-state index contributed by atoms with van der Waals surface area (Å²) in [4.78, 5) is 24.4. The molecule has 1 aliphatic rings. The molecule has 6 heteroatoms. The number of urea groups is 1. The van der Waals surface area contributed by atoms with Crippen LogP contribution in [0.1, 0.15) is 32.6 Å². The average molecular weight is 272 g/mol. The Labute approximate surface area is 114 Å². The van der Waals surface area contributed by atoms with Crippen molar-refractivity contribution in [2.24, 2.45) is 5.92 Å². The minimum atomic E-state index is -0.821. The van der Waals surface area contributed by atoms with Crippen molar-refractivity contribution in [3.05, 3.63) is 0 Å². The van der Waals surface area contributed by atoms with Crippen LogP contribution in [0.2, 0.25) is 0 Å². The summed E-state index contributed by atoms with van der Waals surface area (Å²) in [6.45, 7) is 3.69. The summed E-state index contributed by atoms with van der Waals surface area (Å²) in [6.07, 6.45) is 2.88. The minimum absolute atomic E-state index is 0.00976. The number of ether oxygens (including phenoxy) is 1. The van der Waals surface area contributed by atoms with Crippen LogP contribution in [0.4, 0.5) is 4.79 Å². The quantitative estimate of drug-likeness (QED) is 0.764. The van der Waals surface area contributed by atoms with Crippen LogP contribution < -0.4 is 5.32 Å². The number of methoxy groups -OCH3 is 1. The molecule has 0 aromatic rings. The van der Waals surface area contributed by atoms with E-state index in [1.54, 1.807) is 12.0 Å². The lowest BCUT2D eigenvalue weighted by molar-refractivity contribution is -0.138. The number of carboxylic acid groups (broad SMARTS) is 1. The molecule has 1 saturated heterocycles. The molecule has 1 rings (SSSR count). The van der Waals surface area contributed by atoms with Gasteiger partial charge >= 0.3 is 12.0 Å². The molecule has 19 heavy (non-hydrogen) atoms. The molecular weight excluding hydrogens is 248 g/mol. The van der Waals surface area contributed by atoms with E-state index in [0.717, 1.165) is 25.8 Å². The normalized spacial score (nSPS) is 20.9. The van der Waals surface area contributed by atoms with Gasteiger partial charge in [0.25, 0.3) is 0 Å². The van der Waals surface area contributed by atoms with E-state index < -0.39 is 5.97 Å². The number of piperidine rings is 1. The maximum Gasteiger partial charge on any atom is 0.317 e. The first kappa shape index (κ1) is 15.8. The number of amides is 2. The fourth-order valence-corrected chi connectivity index (χ4v) is 2.27. The highest BCUT2D eigenvalue weighted by atomic mass is 16.5. The third-order valence-corrected chi connectivity index (χ3v) is 3.58. The van der Waals surface area contributed by atoms with E-state index in [1.807, 2.05) is 6.92 Å². The average Bonchev–Trinajstić information content (AvgIpc) is 2.42. The third kappa shape index (κ3) is 5.46. The zero-order valence-corrected chi connectivity index (χ0v) is 11.7. The smallest absolute Gasteiger partial charge is 0.317 e. The van der Waals surface area contributed by atoms with Crippen LogP contribution >= 0.6 is 0 Å². The predicted molar refractivity (Wildman–Crippen MR) is 71.0 cm³/mol. The van der Waals surface area contributed by atoms with Crippen molar-refractivity contribution in [1.82, 2.24) is 10.2 Å². The minimum Gasteiger partial charge on any atom is -0.481 e. The maximum absolute atomic E-state index is 12.0. The molecule has 0 aromatic heterocycles. The lowest BCUT2D eigenvalue weighted by Crippen LogP contribution is -2.48. The molecule has 2 atom stereocenters. The number of rotatable bonds is 6. The molecule has 0 bridgehead atoms. The highest BCUT2D eigenvalue weighted by Gasteiger charge is 2.23. The van der Waals surface area contributed by atoms with E-state index in [1.165, 1.54) is 0 Å². The summed E-state index contributed by atoms with van der Waals surface area (Å²) in [5.74, 6) is -0.831. The zero-order valence-electron chi connectivity index (χ0n) is 11.7. The molecule has 2 unspecified atom stereocenters. The van der Waals surface area contributed by atoms with E-state index in [-0.39, 0.29) is 24.5 Å². The Hall–Kier alpha value is -1.30. The number of nitrogens with one attached hydrogen (secondary N) is 1. The van der Waals surface area contributed by atoms with Crippen molar-refractivity contribution in [3.63, 3.8) is 0 Å². The number of carbonyl (C=O) groups is 2. The third-order valence-electron chi connectivity index (χ3n) is 3.58. The number of carboxylic acids is 1. The van der Waals surface area contributed by atoms with Crippen LogP contribution in [-0.2, 0) is 9.53 Å².